The number of aromatic nitrogens is 2. The third-order valence-electron chi connectivity index (χ3n) is 4.92. The van der Waals surface area contributed by atoms with Gasteiger partial charge in [-0.05, 0) is 37.3 Å². The molecule has 7 nitrogen and oxygen atoms in total. The summed E-state index contributed by atoms with van der Waals surface area (Å²) in [5.74, 6) is 0.747. The maximum absolute atomic E-state index is 12.6. The van der Waals surface area contributed by atoms with Crippen molar-refractivity contribution in [2.75, 3.05) is 36.5 Å². The van der Waals surface area contributed by atoms with Crippen molar-refractivity contribution < 1.29 is 13.9 Å². The van der Waals surface area contributed by atoms with E-state index in [2.05, 4.69) is 20.4 Å². The lowest BCUT2D eigenvalue weighted by atomic mass is 10.1. The zero-order valence-electron chi connectivity index (χ0n) is 16.7. The predicted molar refractivity (Wildman–Crippen MR) is 116 cm³/mol. The number of rotatable bonds is 6. The molecule has 0 atom stereocenters. The number of hydrogen-bond donors (Lipinski definition) is 1. The fourth-order valence-electron chi connectivity index (χ4n) is 3.29. The lowest BCUT2D eigenvalue weighted by Gasteiger charge is -2.30. The van der Waals surface area contributed by atoms with E-state index in [1.807, 2.05) is 43.3 Å². The van der Waals surface area contributed by atoms with Crippen LogP contribution >= 0.6 is 11.6 Å². The number of carbonyl (C=O) groups is 1. The van der Waals surface area contributed by atoms with E-state index in [-0.39, 0.29) is 12.3 Å². The molecule has 0 unspecified atom stereocenters. The Bertz CT molecular complexity index is 1010. The molecule has 1 aliphatic heterocycles. The summed E-state index contributed by atoms with van der Waals surface area (Å²) in [5.41, 5.74) is 3.65. The van der Waals surface area contributed by atoms with Gasteiger partial charge in [0.2, 0.25) is 17.7 Å². The number of anilines is 2. The van der Waals surface area contributed by atoms with E-state index in [0.717, 1.165) is 29.9 Å². The highest BCUT2D eigenvalue weighted by Gasteiger charge is 2.17. The maximum Gasteiger partial charge on any atom is 0.247 e. The van der Waals surface area contributed by atoms with Gasteiger partial charge in [-0.25, -0.2) is 0 Å². The molecule has 1 fully saturated rings. The number of nitrogens with one attached hydrogen (secondary N) is 1. The third kappa shape index (κ3) is 4.98. The van der Waals surface area contributed by atoms with Crippen molar-refractivity contribution in [1.29, 1.82) is 0 Å². The fourth-order valence-corrected chi connectivity index (χ4v) is 3.46. The lowest BCUT2D eigenvalue weighted by Crippen LogP contribution is -2.36. The highest BCUT2D eigenvalue weighted by molar-refractivity contribution is 6.31. The Morgan fingerprint density at radius 2 is 1.90 bits per heavy atom. The van der Waals surface area contributed by atoms with E-state index in [9.17, 15) is 4.79 Å². The van der Waals surface area contributed by atoms with E-state index in [1.165, 1.54) is 0 Å². The smallest absolute Gasteiger partial charge is 0.247 e. The second kappa shape index (κ2) is 9.28. The second-order valence-corrected chi connectivity index (χ2v) is 7.61. The quantitative estimate of drug-likeness (QED) is 0.639. The van der Waals surface area contributed by atoms with Gasteiger partial charge in [-0.2, -0.15) is 0 Å². The number of amides is 1. The maximum atomic E-state index is 12.6. The van der Waals surface area contributed by atoms with Crippen LogP contribution in [-0.4, -0.2) is 42.4 Å². The van der Waals surface area contributed by atoms with Crippen LogP contribution in [0.3, 0.4) is 0 Å². The summed E-state index contributed by atoms with van der Waals surface area (Å²) >= 11 is 6.16. The van der Waals surface area contributed by atoms with Crippen LogP contribution in [0.1, 0.15) is 17.9 Å². The van der Waals surface area contributed by atoms with Gasteiger partial charge in [-0.3, -0.25) is 4.79 Å². The standard InChI is InChI=1S/C22H23ClN4O3/c1-15-2-4-16(5-3-15)22-26-25-21(30-22)9-8-20(28)24-18-14-17(23)6-7-19(18)27-10-12-29-13-11-27/h2-7,14H,8-13H2,1H3,(H,24,28). The Balaban J connectivity index is 1.38. The number of aryl methyl sites for hydroxylation is 2. The first-order valence-corrected chi connectivity index (χ1v) is 10.3. The van der Waals surface area contributed by atoms with E-state index < -0.39 is 0 Å². The average Bonchev–Trinajstić information content (AvgIpc) is 3.23. The first kappa shape index (κ1) is 20.4. The number of ether oxygens (including phenoxy) is 1. The molecule has 2 aromatic carbocycles. The van der Waals surface area contributed by atoms with E-state index in [4.69, 9.17) is 20.8 Å². The molecule has 1 aliphatic rings. The Kier molecular flexibility index (Phi) is 6.30. The van der Waals surface area contributed by atoms with Gasteiger partial charge >= 0.3 is 0 Å². The fraction of sp³-hybridized carbons (Fsp3) is 0.318. The third-order valence-corrected chi connectivity index (χ3v) is 5.15. The molecule has 3 aromatic rings. The lowest BCUT2D eigenvalue weighted by molar-refractivity contribution is -0.116. The summed E-state index contributed by atoms with van der Waals surface area (Å²) in [4.78, 5) is 14.7. The highest BCUT2D eigenvalue weighted by atomic mass is 35.5. The molecule has 1 amide bonds. The van der Waals surface area contributed by atoms with Crippen molar-refractivity contribution >= 4 is 28.9 Å². The van der Waals surface area contributed by atoms with Crippen molar-refractivity contribution in [2.45, 2.75) is 19.8 Å². The minimum Gasteiger partial charge on any atom is -0.421 e. The summed E-state index contributed by atoms with van der Waals surface area (Å²) in [5, 5.41) is 11.7. The van der Waals surface area contributed by atoms with Crippen LogP contribution in [0.4, 0.5) is 11.4 Å². The Morgan fingerprint density at radius 3 is 2.67 bits per heavy atom. The summed E-state index contributed by atoms with van der Waals surface area (Å²) in [6.45, 7) is 4.89. The largest absolute Gasteiger partial charge is 0.421 e. The monoisotopic (exact) mass is 426 g/mol. The zero-order valence-corrected chi connectivity index (χ0v) is 17.5. The molecule has 1 aromatic heterocycles. The van der Waals surface area contributed by atoms with Gasteiger partial charge in [0.05, 0.1) is 24.6 Å². The van der Waals surface area contributed by atoms with E-state index in [1.54, 1.807) is 6.07 Å². The minimum atomic E-state index is -0.137. The molecule has 1 N–H and O–H groups in total. The first-order valence-electron chi connectivity index (χ1n) is 9.90. The number of benzene rings is 2. The minimum absolute atomic E-state index is 0.137. The molecule has 30 heavy (non-hydrogen) atoms. The van der Waals surface area contributed by atoms with Crippen molar-refractivity contribution in [3.63, 3.8) is 0 Å². The van der Waals surface area contributed by atoms with E-state index in [0.29, 0.717) is 42.1 Å². The van der Waals surface area contributed by atoms with Crippen LogP contribution in [0.2, 0.25) is 5.02 Å². The second-order valence-electron chi connectivity index (χ2n) is 7.18. The first-order chi connectivity index (χ1) is 14.6. The van der Waals surface area contributed by atoms with E-state index >= 15 is 0 Å². The van der Waals surface area contributed by atoms with Gasteiger partial charge < -0.3 is 19.4 Å². The van der Waals surface area contributed by atoms with Gasteiger partial charge in [-0.1, -0.05) is 29.3 Å². The van der Waals surface area contributed by atoms with Crippen molar-refractivity contribution in [3.8, 4) is 11.5 Å². The molecular formula is C22H23ClN4O3. The molecule has 0 aliphatic carbocycles. The number of carbonyl (C=O) groups excluding carboxylic acids is 1. The number of morpholine rings is 1. The molecule has 8 heteroatoms. The summed E-state index contributed by atoms with van der Waals surface area (Å²) in [7, 11) is 0. The molecular weight excluding hydrogens is 404 g/mol. The van der Waals surface area contributed by atoms with Crippen LogP contribution in [0.25, 0.3) is 11.5 Å². The van der Waals surface area contributed by atoms with Gasteiger partial charge in [0.1, 0.15) is 0 Å². The van der Waals surface area contributed by atoms with Gasteiger partial charge in [0.25, 0.3) is 0 Å². The van der Waals surface area contributed by atoms with Crippen molar-refractivity contribution in [3.05, 3.63) is 58.9 Å². The van der Waals surface area contributed by atoms with Crippen LogP contribution in [0.5, 0.6) is 0 Å². The topological polar surface area (TPSA) is 80.5 Å². The Morgan fingerprint density at radius 1 is 1.13 bits per heavy atom. The number of halogens is 1. The normalized spacial score (nSPS) is 14.0. The number of hydrogen-bond acceptors (Lipinski definition) is 6. The van der Waals surface area contributed by atoms with Crippen LogP contribution in [0, 0.1) is 6.92 Å². The summed E-state index contributed by atoms with van der Waals surface area (Å²) in [6.07, 6.45) is 0.586. The SMILES string of the molecule is Cc1ccc(-c2nnc(CCC(=O)Nc3cc(Cl)ccc3N3CCOCC3)o2)cc1. The van der Waals surface area contributed by atoms with Crippen LogP contribution in [-0.2, 0) is 16.0 Å². The number of nitrogens with zero attached hydrogens (tertiary/aromatic N) is 3. The molecule has 0 radical (unpaired) electrons. The highest BCUT2D eigenvalue weighted by Crippen LogP contribution is 2.30. The van der Waals surface area contributed by atoms with Crippen LogP contribution < -0.4 is 10.2 Å². The molecule has 156 valence electrons. The molecule has 0 spiro atoms. The molecule has 0 saturated carbocycles. The summed E-state index contributed by atoms with van der Waals surface area (Å²) < 4.78 is 11.1. The molecule has 2 heterocycles. The predicted octanol–water partition coefficient (Wildman–Crippen LogP) is 4.11. The zero-order chi connectivity index (χ0) is 20.9. The average molecular weight is 427 g/mol. The van der Waals surface area contributed by atoms with Crippen molar-refractivity contribution in [2.24, 2.45) is 0 Å². The van der Waals surface area contributed by atoms with Gasteiger partial charge in [0.15, 0.2) is 0 Å². The van der Waals surface area contributed by atoms with Gasteiger partial charge in [0, 0.05) is 36.5 Å². The Labute approximate surface area is 180 Å². The van der Waals surface area contributed by atoms with Crippen LogP contribution in [0.15, 0.2) is 46.9 Å². The summed E-state index contributed by atoms with van der Waals surface area (Å²) in [6, 6.07) is 13.4. The van der Waals surface area contributed by atoms with Gasteiger partial charge in [-0.15, -0.1) is 10.2 Å². The molecule has 0 bridgehead atoms. The van der Waals surface area contributed by atoms with Crippen molar-refractivity contribution in [1.82, 2.24) is 10.2 Å². The Hall–Kier alpha value is -2.90. The molecule has 4 rings (SSSR count). The molecule has 1 saturated heterocycles.